The van der Waals surface area contributed by atoms with Crippen molar-refractivity contribution >= 4 is 21.8 Å². The molecule has 24 heavy (non-hydrogen) atoms. The lowest BCUT2D eigenvalue weighted by molar-refractivity contribution is 0.0954. The minimum absolute atomic E-state index is 0.0793. The van der Waals surface area contributed by atoms with Gasteiger partial charge in [-0.15, -0.1) is 0 Å². The van der Waals surface area contributed by atoms with Gasteiger partial charge in [-0.05, 0) is 36.2 Å². The molecule has 1 amide bonds. The van der Waals surface area contributed by atoms with Crippen LogP contribution in [-0.4, -0.2) is 22.4 Å². The van der Waals surface area contributed by atoms with Crippen molar-refractivity contribution in [2.24, 2.45) is 0 Å². The number of carbonyl (C=O) groups excluding carboxylic acids is 1. The Morgan fingerprint density at radius 2 is 1.62 bits per heavy atom. The highest BCUT2D eigenvalue weighted by Gasteiger charge is 2.05. The molecule has 4 nitrogen and oxygen atoms in total. The Hall–Kier alpha value is -2.53. The number of rotatable bonds is 5. The Balaban J connectivity index is 1.53. The monoisotopic (exact) mass is 381 g/mol. The molecule has 120 valence electrons. The Labute approximate surface area is 149 Å². The summed E-state index contributed by atoms with van der Waals surface area (Å²) in [7, 11) is 0. The fraction of sp³-hybridized carbons (Fsp3) is 0.105. The highest BCUT2D eigenvalue weighted by atomic mass is 79.9. The third kappa shape index (κ3) is 4.26. The van der Waals surface area contributed by atoms with Crippen molar-refractivity contribution in [2.45, 2.75) is 6.42 Å². The van der Waals surface area contributed by atoms with E-state index in [-0.39, 0.29) is 5.91 Å². The van der Waals surface area contributed by atoms with Gasteiger partial charge in [0.1, 0.15) is 0 Å². The van der Waals surface area contributed by atoms with Crippen molar-refractivity contribution in [2.75, 3.05) is 6.54 Å². The van der Waals surface area contributed by atoms with E-state index in [1.807, 2.05) is 42.5 Å². The summed E-state index contributed by atoms with van der Waals surface area (Å²) in [4.78, 5) is 20.8. The highest BCUT2D eigenvalue weighted by Crippen LogP contribution is 2.13. The van der Waals surface area contributed by atoms with E-state index in [4.69, 9.17) is 0 Å². The van der Waals surface area contributed by atoms with E-state index in [1.54, 1.807) is 24.5 Å². The predicted octanol–water partition coefficient (Wildman–Crippen LogP) is 3.88. The van der Waals surface area contributed by atoms with Gasteiger partial charge in [0, 0.05) is 34.5 Å². The summed E-state index contributed by atoms with van der Waals surface area (Å²) in [6.07, 6.45) is 4.31. The molecule has 0 saturated heterocycles. The van der Waals surface area contributed by atoms with Crippen LogP contribution in [0.4, 0.5) is 0 Å². The Kier molecular flexibility index (Phi) is 5.33. The molecule has 0 radical (unpaired) electrons. The normalized spacial score (nSPS) is 10.4. The topological polar surface area (TPSA) is 54.9 Å². The molecule has 1 aromatic heterocycles. The zero-order chi connectivity index (χ0) is 16.8. The van der Waals surface area contributed by atoms with Gasteiger partial charge in [0.15, 0.2) is 5.82 Å². The number of hydrogen-bond donors (Lipinski definition) is 1. The summed E-state index contributed by atoms with van der Waals surface area (Å²) in [6.45, 7) is 0.545. The van der Waals surface area contributed by atoms with Crippen LogP contribution in [0.15, 0.2) is 71.5 Å². The molecule has 0 spiro atoms. The second kappa shape index (κ2) is 7.84. The second-order valence-corrected chi connectivity index (χ2v) is 6.21. The van der Waals surface area contributed by atoms with E-state index >= 15 is 0 Å². The molecule has 3 aromatic rings. The third-order valence-corrected chi connectivity index (χ3v) is 4.07. The second-order valence-electron chi connectivity index (χ2n) is 5.29. The molecule has 0 aliphatic carbocycles. The molecule has 0 atom stereocenters. The van der Waals surface area contributed by atoms with E-state index in [1.165, 1.54) is 0 Å². The van der Waals surface area contributed by atoms with Crippen LogP contribution in [0.2, 0.25) is 0 Å². The van der Waals surface area contributed by atoms with Crippen LogP contribution < -0.4 is 5.32 Å². The Morgan fingerprint density at radius 3 is 2.29 bits per heavy atom. The van der Waals surface area contributed by atoms with Crippen LogP contribution >= 0.6 is 15.9 Å². The minimum Gasteiger partial charge on any atom is -0.352 e. The maximum atomic E-state index is 12.0. The predicted molar refractivity (Wildman–Crippen MR) is 97.6 cm³/mol. The first-order valence-electron chi connectivity index (χ1n) is 7.62. The first kappa shape index (κ1) is 16.3. The van der Waals surface area contributed by atoms with Crippen molar-refractivity contribution < 1.29 is 4.79 Å². The molecule has 1 N–H and O–H groups in total. The zero-order valence-electron chi connectivity index (χ0n) is 12.9. The van der Waals surface area contributed by atoms with Crippen LogP contribution in [0, 0.1) is 0 Å². The number of amides is 1. The summed E-state index contributed by atoms with van der Waals surface area (Å²) in [6, 6.07) is 17.1. The van der Waals surface area contributed by atoms with Gasteiger partial charge in [-0.1, -0.05) is 46.3 Å². The summed E-state index contributed by atoms with van der Waals surface area (Å²) in [5.74, 6) is 0.627. The van der Waals surface area contributed by atoms with Gasteiger partial charge in [0.05, 0.1) is 0 Å². The summed E-state index contributed by atoms with van der Waals surface area (Å²) < 4.78 is 0.953. The molecule has 0 fully saturated rings. The number of halogens is 1. The smallest absolute Gasteiger partial charge is 0.251 e. The lowest BCUT2D eigenvalue weighted by Crippen LogP contribution is -2.25. The maximum Gasteiger partial charge on any atom is 0.251 e. The third-order valence-electron chi connectivity index (χ3n) is 3.54. The van der Waals surface area contributed by atoms with Gasteiger partial charge in [0.25, 0.3) is 5.91 Å². The number of carbonyl (C=O) groups is 1. The van der Waals surface area contributed by atoms with E-state index in [0.717, 1.165) is 15.6 Å². The number of nitrogens with one attached hydrogen (secondary N) is 1. The van der Waals surface area contributed by atoms with Crippen molar-refractivity contribution in [1.29, 1.82) is 0 Å². The first-order valence-corrected chi connectivity index (χ1v) is 8.42. The largest absolute Gasteiger partial charge is 0.352 e. The van der Waals surface area contributed by atoms with Crippen LogP contribution in [0.3, 0.4) is 0 Å². The van der Waals surface area contributed by atoms with Crippen LogP contribution in [0.5, 0.6) is 0 Å². The molecule has 0 unspecified atom stereocenters. The van der Waals surface area contributed by atoms with Gasteiger partial charge in [0.2, 0.25) is 0 Å². The van der Waals surface area contributed by atoms with Crippen LogP contribution in [-0.2, 0) is 6.42 Å². The van der Waals surface area contributed by atoms with Gasteiger partial charge in [-0.2, -0.15) is 0 Å². The van der Waals surface area contributed by atoms with Gasteiger partial charge in [-0.3, -0.25) is 4.79 Å². The molecule has 1 heterocycles. The number of aromatic nitrogens is 2. The average molecular weight is 382 g/mol. The fourth-order valence-corrected chi connectivity index (χ4v) is 2.51. The highest BCUT2D eigenvalue weighted by molar-refractivity contribution is 9.10. The number of benzene rings is 2. The van der Waals surface area contributed by atoms with Gasteiger partial charge < -0.3 is 5.32 Å². The van der Waals surface area contributed by atoms with E-state index in [2.05, 4.69) is 31.2 Å². The van der Waals surface area contributed by atoms with Crippen LogP contribution in [0.25, 0.3) is 11.4 Å². The molecule has 5 heteroatoms. The van der Waals surface area contributed by atoms with Crippen molar-refractivity contribution in [3.63, 3.8) is 0 Å². The number of hydrogen-bond acceptors (Lipinski definition) is 3. The fourth-order valence-electron chi connectivity index (χ4n) is 2.24. The molecular weight excluding hydrogens is 366 g/mol. The van der Waals surface area contributed by atoms with Gasteiger partial charge >= 0.3 is 0 Å². The van der Waals surface area contributed by atoms with E-state index in [9.17, 15) is 4.79 Å². The standard InChI is InChI=1S/C19H16BrN3O/c20-17-8-6-16(7-9-17)19(24)21-11-10-14-12-22-18(23-13-14)15-4-2-1-3-5-15/h1-9,12-13H,10-11H2,(H,21,24). The number of nitrogens with zero attached hydrogens (tertiary/aromatic N) is 2. The molecule has 0 aliphatic heterocycles. The first-order chi connectivity index (χ1) is 11.7. The summed E-state index contributed by atoms with van der Waals surface area (Å²) in [5.41, 5.74) is 2.63. The van der Waals surface area contributed by atoms with E-state index < -0.39 is 0 Å². The lowest BCUT2D eigenvalue weighted by Gasteiger charge is -2.06. The minimum atomic E-state index is -0.0793. The van der Waals surface area contributed by atoms with Crippen LogP contribution in [0.1, 0.15) is 15.9 Å². The van der Waals surface area contributed by atoms with E-state index in [0.29, 0.717) is 24.4 Å². The SMILES string of the molecule is O=C(NCCc1cnc(-c2ccccc2)nc1)c1ccc(Br)cc1. The lowest BCUT2D eigenvalue weighted by atomic mass is 10.2. The Bertz CT molecular complexity index is 802. The summed E-state index contributed by atoms with van der Waals surface area (Å²) >= 11 is 3.35. The molecule has 0 saturated carbocycles. The molecular formula is C19H16BrN3O. The van der Waals surface area contributed by atoms with Crippen molar-refractivity contribution in [3.05, 3.63) is 82.6 Å². The van der Waals surface area contributed by atoms with Crippen molar-refractivity contribution in [3.8, 4) is 11.4 Å². The quantitative estimate of drug-likeness (QED) is 0.729. The molecule has 0 aliphatic rings. The molecule has 2 aromatic carbocycles. The Morgan fingerprint density at radius 1 is 0.958 bits per heavy atom. The molecule has 3 rings (SSSR count). The van der Waals surface area contributed by atoms with Crippen molar-refractivity contribution in [1.82, 2.24) is 15.3 Å². The van der Waals surface area contributed by atoms with Gasteiger partial charge in [-0.25, -0.2) is 9.97 Å². The maximum absolute atomic E-state index is 12.0. The summed E-state index contributed by atoms with van der Waals surface area (Å²) in [5, 5.41) is 2.90. The zero-order valence-corrected chi connectivity index (χ0v) is 14.5. The molecule has 0 bridgehead atoms. The average Bonchev–Trinajstić information content (AvgIpc) is 2.63.